The van der Waals surface area contributed by atoms with Crippen molar-refractivity contribution in [2.24, 2.45) is 0 Å². The fraction of sp³-hybridized carbons (Fsp3) is 0.375. The maximum absolute atomic E-state index is 13.1. The summed E-state index contributed by atoms with van der Waals surface area (Å²) in [7, 11) is -3.61. The lowest BCUT2D eigenvalue weighted by atomic mass is 10.2. The van der Waals surface area contributed by atoms with Gasteiger partial charge in [0.2, 0.25) is 15.9 Å². The standard InChI is InChI=1S/C24H29N5O3S2/c1-3-28(4-2)34(31,32)21-12-8-11-19(15-21)23-26-27-24(33-17-22(30)25-20-13-14-20)29(23)16-18-9-6-5-7-10-18/h5-12,15,20H,3-4,13-14,16-17H2,1-2H3,(H,25,30). The van der Waals surface area contributed by atoms with Gasteiger partial charge < -0.3 is 5.32 Å². The molecule has 0 saturated heterocycles. The van der Waals surface area contributed by atoms with Crippen LogP contribution < -0.4 is 5.32 Å². The van der Waals surface area contributed by atoms with Crippen molar-refractivity contribution >= 4 is 27.7 Å². The molecular weight excluding hydrogens is 470 g/mol. The number of amides is 1. The molecule has 0 spiro atoms. The van der Waals surface area contributed by atoms with Gasteiger partial charge in [-0.15, -0.1) is 10.2 Å². The zero-order valence-corrected chi connectivity index (χ0v) is 21.0. The van der Waals surface area contributed by atoms with Crippen molar-refractivity contribution in [1.29, 1.82) is 0 Å². The summed E-state index contributed by atoms with van der Waals surface area (Å²) < 4.78 is 29.5. The smallest absolute Gasteiger partial charge is 0.243 e. The number of hydrogen-bond acceptors (Lipinski definition) is 6. The predicted octanol–water partition coefficient (Wildman–Crippen LogP) is 3.39. The zero-order valence-electron chi connectivity index (χ0n) is 19.3. The van der Waals surface area contributed by atoms with E-state index in [0.717, 1.165) is 18.4 Å². The Kier molecular flexibility index (Phi) is 7.70. The molecule has 0 unspecified atom stereocenters. The highest BCUT2D eigenvalue weighted by molar-refractivity contribution is 7.99. The number of thioether (sulfide) groups is 1. The number of sulfonamides is 1. The van der Waals surface area contributed by atoms with Gasteiger partial charge in [0.25, 0.3) is 0 Å². The maximum atomic E-state index is 13.1. The minimum absolute atomic E-state index is 0.0179. The average Bonchev–Trinajstić information content (AvgIpc) is 3.57. The van der Waals surface area contributed by atoms with Crippen molar-refractivity contribution in [3.8, 4) is 11.4 Å². The minimum Gasteiger partial charge on any atom is -0.353 e. The molecule has 34 heavy (non-hydrogen) atoms. The second-order valence-electron chi connectivity index (χ2n) is 8.13. The number of hydrogen-bond donors (Lipinski definition) is 1. The predicted molar refractivity (Wildman–Crippen MR) is 133 cm³/mol. The first-order chi connectivity index (χ1) is 16.4. The molecule has 0 atom stereocenters. The number of rotatable bonds is 11. The Morgan fingerprint density at radius 1 is 1.09 bits per heavy atom. The highest BCUT2D eigenvalue weighted by Gasteiger charge is 2.25. The van der Waals surface area contributed by atoms with Gasteiger partial charge in [0.15, 0.2) is 11.0 Å². The summed E-state index contributed by atoms with van der Waals surface area (Å²) in [5.74, 6) is 0.793. The number of nitrogens with one attached hydrogen (secondary N) is 1. The van der Waals surface area contributed by atoms with Crippen molar-refractivity contribution in [3.63, 3.8) is 0 Å². The molecule has 0 bridgehead atoms. The lowest BCUT2D eigenvalue weighted by molar-refractivity contribution is -0.118. The van der Waals surface area contributed by atoms with Gasteiger partial charge in [0.05, 0.1) is 17.2 Å². The lowest BCUT2D eigenvalue weighted by Crippen LogP contribution is -2.30. The van der Waals surface area contributed by atoms with Crippen molar-refractivity contribution in [3.05, 3.63) is 60.2 Å². The zero-order chi connectivity index (χ0) is 24.1. The molecule has 0 aliphatic heterocycles. The average molecular weight is 500 g/mol. The number of aromatic nitrogens is 3. The fourth-order valence-corrected chi connectivity index (χ4v) is 5.91. The summed E-state index contributed by atoms with van der Waals surface area (Å²) in [6.45, 7) is 4.95. The molecule has 1 aliphatic carbocycles. The second-order valence-corrected chi connectivity index (χ2v) is 11.0. The molecule has 10 heteroatoms. The van der Waals surface area contributed by atoms with E-state index >= 15 is 0 Å². The Balaban J connectivity index is 1.67. The van der Waals surface area contributed by atoms with Crippen LogP contribution >= 0.6 is 11.8 Å². The van der Waals surface area contributed by atoms with Crippen LogP contribution in [0, 0.1) is 0 Å². The molecule has 1 saturated carbocycles. The second kappa shape index (κ2) is 10.7. The normalized spacial score (nSPS) is 13.9. The van der Waals surface area contributed by atoms with E-state index in [1.54, 1.807) is 18.2 Å². The van der Waals surface area contributed by atoms with Crippen molar-refractivity contribution in [1.82, 2.24) is 24.4 Å². The van der Waals surface area contributed by atoms with Crippen LogP contribution in [0.3, 0.4) is 0 Å². The molecule has 1 aliphatic rings. The SMILES string of the molecule is CCN(CC)S(=O)(=O)c1cccc(-c2nnc(SCC(=O)NC3CC3)n2Cc2ccccc2)c1. The van der Waals surface area contributed by atoms with Crippen LogP contribution in [0.1, 0.15) is 32.3 Å². The van der Waals surface area contributed by atoms with E-state index in [4.69, 9.17) is 0 Å². The third-order valence-corrected chi connectivity index (χ3v) is 8.62. The largest absolute Gasteiger partial charge is 0.353 e. The summed E-state index contributed by atoms with van der Waals surface area (Å²) in [4.78, 5) is 12.5. The van der Waals surface area contributed by atoms with Crippen molar-refractivity contribution < 1.29 is 13.2 Å². The molecule has 8 nitrogen and oxygen atoms in total. The lowest BCUT2D eigenvalue weighted by Gasteiger charge is -2.19. The number of carbonyl (C=O) groups is 1. The molecular formula is C24H29N5O3S2. The number of benzene rings is 2. The molecule has 2 aromatic carbocycles. The van der Waals surface area contributed by atoms with Crippen molar-refractivity contribution in [2.75, 3.05) is 18.8 Å². The van der Waals surface area contributed by atoms with Crippen LogP contribution in [0.5, 0.6) is 0 Å². The van der Waals surface area contributed by atoms with E-state index in [0.29, 0.717) is 42.2 Å². The molecule has 180 valence electrons. The third-order valence-electron chi connectivity index (χ3n) is 5.61. The van der Waals surface area contributed by atoms with Crippen LogP contribution in [0.15, 0.2) is 64.6 Å². The van der Waals surface area contributed by atoms with E-state index < -0.39 is 10.0 Å². The number of nitrogens with zero attached hydrogens (tertiary/aromatic N) is 4. The quantitative estimate of drug-likeness (QED) is 0.406. The van der Waals surface area contributed by atoms with Crippen LogP contribution in [0.4, 0.5) is 0 Å². The topological polar surface area (TPSA) is 97.2 Å². The van der Waals surface area contributed by atoms with E-state index in [1.807, 2.05) is 54.8 Å². The van der Waals surface area contributed by atoms with Gasteiger partial charge in [-0.2, -0.15) is 4.31 Å². The monoisotopic (exact) mass is 499 g/mol. The minimum atomic E-state index is -3.61. The van der Waals surface area contributed by atoms with E-state index in [1.165, 1.54) is 16.1 Å². The first kappa shape index (κ1) is 24.4. The van der Waals surface area contributed by atoms with Gasteiger partial charge in [0, 0.05) is 24.7 Å². The van der Waals surface area contributed by atoms with Crippen LogP contribution in [-0.4, -0.2) is 58.3 Å². The number of carbonyl (C=O) groups excluding carboxylic acids is 1. The van der Waals surface area contributed by atoms with Gasteiger partial charge >= 0.3 is 0 Å². The van der Waals surface area contributed by atoms with Gasteiger partial charge in [0.1, 0.15) is 0 Å². The van der Waals surface area contributed by atoms with Gasteiger partial charge in [-0.05, 0) is 30.5 Å². The van der Waals surface area contributed by atoms with Crippen LogP contribution in [-0.2, 0) is 21.4 Å². The summed E-state index contributed by atoms with van der Waals surface area (Å²) in [5, 5.41) is 12.3. The van der Waals surface area contributed by atoms with Crippen LogP contribution in [0.25, 0.3) is 11.4 Å². The Morgan fingerprint density at radius 2 is 1.82 bits per heavy atom. The van der Waals surface area contributed by atoms with Crippen molar-refractivity contribution in [2.45, 2.75) is 49.3 Å². The first-order valence-electron chi connectivity index (χ1n) is 11.4. The molecule has 1 fully saturated rings. The van der Waals surface area contributed by atoms with Gasteiger partial charge in [-0.1, -0.05) is 68.1 Å². The van der Waals surface area contributed by atoms with Crippen LogP contribution in [0.2, 0.25) is 0 Å². The summed E-state index contributed by atoms with van der Waals surface area (Å²) in [5.41, 5.74) is 1.71. The van der Waals surface area contributed by atoms with Gasteiger partial charge in [-0.25, -0.2) is 8.42 Å². The van der Waals surface area contributed by atoms with E-state index in [-0.39, 0.29) is 16.6 Å². The van der Waals surface area contributed by atoms with Gasteiger partial charge in [-0.3, -0.25) is 9.36 Å². The Hall–Kier alpha value is -2.69. The molecule has 1 N–H and O–H groups in total. The molecule has 0 radical (unpaired) electrons. The maximum Gasteiger partial charge on any atom is 0.243 e. The van der Waals surface area contributed by atoms with E-state index in [2.05, 4.69) is 15.5 Å². The summed E-state index contributed by atoms with van der Waals surface area (Å²) in [6, 6.07) is 17.0. The highest BCUT2D eigenvalue weighted by atomic mass is 32.2. The first-order valence-corrected chi connectivity index (χ1v) is 13.8. The Labute approximate surface area is 204 Å². The molecule has 3 aromatic rings. The third kappa shape index (κ3) is 5.68. The molecule has 4 rings (SSSR count). The summed E-state index contributed by atoms with van der Waals surface area (Å²) >= 11 is 1.33. The fourth-order valence-electron chi connectivity index (χ4n) is 3.65. The Bertz CT molecular complexity index is 1240. The molecule has 1 amide bonds. The summed E-state index contributed by atoms with van der Waals surface area (Å²) in [6.07, 6.45) is 2.08. The highest BCUT2D eigenvalue weighted by Crippen LogP contribution is 2.28. The molecule has 1 heterocycles. The van der Waals surface area contributed by atoms with E-state index in [9.17, 15) is 13.2 Å². The molecule has 1 aromatic heterocycles. The Morgan fingerprint density at radius 3 is 2.50 bits per heavy atom.